The van der Waals surface area contributed by atoms with Crippen LogP contribution >= 0.6 is 0 Å². The van der Waals surface area contributed by atoms with Crippen LogP contribution in [0.15, 0.2) is 18.3 Å². The average molecular weight is 245 g/mol. The molecule has 2 aliphatic rings. The molecule has 2 unspecified atom stereocenters. The zero-order valence-electron chi connectivity index (χ0n) is 11.4. The molecule has 1 aliphatic heterocycles. The highest BCUT2D eigenvalue weighted by Gasteiger charge is 2.38. The Balaban J connectivity index is 1.53. The maximum atomic E-state index is 4.45. The summed E-state index contributed by atoms with van der Waals surface area (Å²) in [7, 11) is 0. The largest absolute Gasteiger partial charge is 0.307 e. The molecule has 2 fully saturated rings. The third-order valence-electron chi connectivity index (χ3n) is 4.31. The summed E-state index contributed by atoms with van der Waals surface area (Å²) in [5.41, 5.74) is 2.48. The van der Waals surface area contributed by atoms with Gasteiger partial charge >= 0.3 is 0 Å². The van der Waals surface area contributed by atoms with Crippen molar-refractivity contribution in [2.45, 2.75) is 57.8 Å². The zero-order valence-corrected chi connectivity index (χ0v) is 11.4. The maximum Gasteiger partial charge on any atom is 0.0570 e. The van der Waals surface area contributed by atoms with Gasteiger partial charge in [-0.15, -0.1) is 0 Å². The van der Waals surface area contributed by atoms with Crippen molar-refractivity contribution in [1.29, 1.82) is 0 Å². The second-order valence-electron chi connectivity index (χ2n) is 5.86. The van der Waals surface area contributed by atoms with Gasteiger partial charge in [0.05, 0.1) is 5.69 Å². The molecule has 1 saturated carbocycles. The van der Waals surface area contributed by atoms with Gasteiger partial charge in [0.1, 0.15) is 0 Å². The SMILES string of the molecule is Cc1cccnc1CNC1CC(C)N(C2CC2)C1. The van der Waals surface area contributed by atoms with Gasteiger partial charge < -0.3 is 5.32 Å². The highest BCUT2D eigenvalue weighted by atomic mass is 15.3. The van der Waals surface area contributed by atoms with E-state index in [0.717, 1.165) is 18.6 Å². The molecule has 1 aliphatic carbocycles. The van der Waals surface area contributed by atoms with Crippen molar-refractivity contribution in [2.75, 3.05) is 6.54 Å². The van der Waals surface area contributed by atoms with E-state index in [1.807, 2.05) is 12.3 Å². The Hall–Kier alpha value is -0.930. The van der Waals surface area contributed by atoms with Gasteiger partial charge in [-0.1, -0.05) is 6.07 Å². The zero-order chi connectivity index (χ0) is 12.5. The molecule has 0 bridgehead atoms. The molecule has 3 rings (SSSR count). The van der Waals surface area contributed by atoms with E-state index in [2.05, 4.69) is 35.1 Å². The van der Waals surface area contributed by atoms with Crippen LogP contribution in [-0.4, -0.2) is 34.6 Å². The number of aromatic nitrogens is 1. The van der Waals surface area contributed by atoms with E-state index in [9.17, 15) is 0 Å². The number of hydrogen-bond donors (Lipinski definition) is 1. The number of likely N-dealkylation sites (tertiary alicyclic amines) is 1. The van der Waals surface area contributed by atoms with Crippen LogP contribution in [0.2, 0.25) is 0 Å². The lowest BCUT2D eigenvalue weighted by molar-refractivity contribution is 0.255. The first-order chi connectivity index (χ1) is 8.74. The summed E-state index contributed by atoms with van der Waals surface area (Å²) in [4.78, 5) is 7.13. The first-order valence-corrected chi connectivity index (χ1v) is 7.13. The fourth-order valence-corrected chi connectivity index (χ4v) is 3.06. The predicted molar refractivity (Wildman–Crippen MR) is 73.4 cm³/mol. The van der Waals surface area contributed by atoms with Crippen molar-refractivity contribution < 1.29 is 0 Å². The molecule has 2 heterocycles. The first kappa shape index (κ1) is 12.1. The Labute approximate surface area is 110 Å². The van der Waals surface area contributed by atoms with Gasteiger partial charge in [0.15, 0.2) is 0 Å². The maximum absolute atomic E-state index is 4.45. The van der Waals surface area contributed by atoms with Crippen LogP contribution in [-0.2, 0) is 6.54 Å². The number of nitrogens with one attached hydrogen (secondary N) is 1. The molecule has 98 valence electrons. The molecule has 2 atom stereocenters. The lowest BCUT2D eigenvalue weighted by Gasteiger charge is -2.19. The molecule has 0 aromatic carbocycles. The summed E-state index contributed by atoms with van der Waals surface area (Å²) < 4.78 is 0. The lowest BCUT2D eigenvalue weighted by Crippen LogP contribution is -2.34. The summed E-state index contributed by atoms with van der Waals surface area (Å²) >= 11 is 0. The highest BCUT2D eigenvalue weighted by Crippen LogP contribution is 2.33. The minimum Gasteiger partial charge on any atom is -0.307 e. The number of pyridine rings is 1. The van der Waals surface area contributed by atoms with Gasteiger partial charge in [-0.05, 0) is 44.7 Å². The van der Waals surface area contributed by atoms with Crippen LogP contribution in [0, 0.1) is 6.92 Å². The molecule has 3 nitrogen and oxygen atoms in total. The van der Waals surface area contributed by atoms with Crippen LogP contribution in [0.4, 0.5) is 0 Å². The van der Waals surface area contributed by atoms with Crippen molar-refractivity contribution in [3.05, 3.63) is 29.6 Å². The van der Waals surface area contributed by atoms with E-state index in [4.69, 9.17) is 0 Å². The fraction of sp³-hybridized carbons (Fsp3) is 0.667. The second kappa shape index (κ2) is 4.98. The van der Waals surface area contributed by atoms with Crippen LogP contribution in [0.3, 0.4) is 0 Å². The first-order valence-electron chi connectivity index (χ1n) is 7.13. The van der Waals surface area contributed by atoms with Crippen molar-refractivity contribution in [2.24, 2.45) is 0 Å². The summed E-state index contributed by atoms with van der Waals surface area (Å²) in [6.07, 6.45) is 5.99. The van der Waals surface area contributed by atoms with Crippen molar-refractivity contribution in [1.82, 2.24) is 15.2 Å². The Morgan fingerprint density at radius 1 is 1.44 bits per heavy atom. The molecule has 0 radical (unpaired) electrons. The molecular formula is C15H23N3. The molecule has 1 aromatic heterocycles. The van der Waals surface area contributed by atoms with Gasteiger partial charge in [0.25, 0.3) is 0 Å². The molecule has 0 amide bonds. The van der Waals surface area contributed by atoms with Crippen molar-refractivity contribution in [3.8, 4) is 0 Å². The molecule has 1 saturated heterocycles. The number of rotatable bonds is 4. The van der Waals surface area contributed by atoms with E-state index in [1.54, 1.807) is 0 Å². The molecule has 1 N–H and O–H groups in total. The van der Waals surface area contributed by atoms with Crippen LogP contribution < -0.4 is 5.32 Å². The predicted octanol–water partition coefficient (Wildman–Crippen LogP) is 2.10. The monoisotopic (exact) mass is 245 g/mol. The number of nitrogens with zero attached hydrogens (tertiary/aromatic N) is 2. The van der Waals surface area contributed by atoms with E-state index in [1.165, 1.54) is 37.1 Å². The Kier molecular flexibility index (Phi) is 3.35. The normalized spacial score (nSPS) is 28.8. The molecule has 1 aromatic rings. The Bertz CT molecular complexity index is 414. The molecule has 3 heteroatoms. The third-order valence-corrected chi connectivity index (χ3v) is 4.31. The Morgan fingerprint density at radius 2 is 2.28 bits per heavy atom. The number of hydrogen-bond acceptors (Lipinski definition) is 3. The summed E-state index contributed by atoms with van der Waals surface area (Å²) in [5, 5.41) is 3.68. The van der Waals surface area contributed by atoms with Gasteiger partial charge in [0.2, 0.25) is 0 Å². The molecular weight excluding hydrogens is 222 g/mol. The van der Waals surface area contributed by atoms with Gasteiger partial charge in [-0.3, -0.25) is 9.88 Å². The third kappa shape index (κ3) is 2.57. The summed E-state index contributed by atoms with van der Waals surface area (Å²) in [6.45, 7) is 6.63. The van der Waals surface area contributed by atoms with E-state index in [-0.39, 0.29) is 0 Å². The minimum atomic E-state index is 0.641. The van der Waals surface area contributed by atoms with E-state index >= 15 is 0 Å². The van der Waals surface area contributed by atoms with Crippen LogP contribution in [0.1, 0.15) is 37.4 Å². The van der Waals surface area contributed by atoms with Crippen LogP contribution in [0.25, 0.3) is 0 Å². The van der Waals surface area contributed by atoms with Gasteiger partial charge in [0, 0.05) is 37.4 Å². The van der Waals surface area contributed by atoms with E-state index in [0.29, 0.717) is 6.04 Å². The second-order valence-corrected chi connectivity index (χ2v) is 5.86. The lowest BCUT2D eigenvalue weighted by atomic mass is 10.1. The van der Waals surface area contributed by atoms with Crippen molar-refractivity contribution >= 4 is 0 Å². The van der Waals surface area contributed by atoms with Crippen LogP contribution in [0.5, 0.6) is 0 Å². The Morgan fingerprint density at radius 3 is 3.00 bits per heavy atom. The standard InChI is InChI=1S/C15H23N3/c1-11-4-3-7-16-15(11)9-17-13-8-12(2)18(10-13)14-5-6-14/h3-4,7,12-14,17H,5-6,8-10H2,1-2H3. The topological polar surface area (TPSA) is 28.2 Å². The average Bonchev–Trinajstić information content (AvgIpc) is 3.13. The fourth-order valence-electron chi connectivity index (χ4n) is 3.06. The molecule has 18 heavy (non-hydrogen) atoms. The smallest absolute Gasteiger partial charge is 0.0570 e. The van der Waals surface area contributed by atoms with E-state index < -0.39 is 0 Å². The van der Waals surface area contributed by atoms with Gasteiger partial charge in [-0.25, -0.2) is 0 Å². The minimum absolute atomic E-state index is 0.641. The summed E-state index contributed by atoms with van der Waals surface area (Å²) in [6, 6.07) is 6.42. The summed E-state index contributed by atoms with van der Waals surface area (Å²) in [5.74, 6) is 0. The number of aryl methyl sites for hydroxylation is 1. The molecule has 0 spiro atoms. The quantitative estimate of drug-likeness (QED) is 0.880. The van der Waals surface area contributed by atoms with Gasteiger partial charge in [-0.2, -0.15) is 0 Å². The van der Waals surface area contributed by atoms with Crippen molar-refractivity contribution in [3.63, 3.8) is 0 Å². The highest BCUT2D eigenvalue weighted by molar-refractivity contribution is 5.17.